The number of hydrogen-bond donors (Lipinski definition) is 3. The minimum Gasteiger partial charge on any atom is -0.508 e. The summed E-state index contributed by atoms with van der Waals surface area (Å²) in [5.41, 5.74) is 6.22. The van der Waals surface area contributed by atoms with Crippen molar-refractivity contribution in [3.8, 4) is 5.75 Å². The number of nitrogens with two attached hydrogens (primary N) is 1. The molecule has 0 bridgehead atoms. The maximum Gasteiger partial charge on any atom is 0.115 e. The largest absolute Gasteiger partial charge is 0.508 e. The van der Waals surface area contributed by atoms with Crippen LogP contribution in [-0.2, 0) is 0 Å². The molecule has 0 saturated heterocycles. The number of benzene rings is 1. The molecule has 1 rings (SSSR count). The maximum atomic E-state index is 9.01. The van der Waals surface area contributed by atoms with Gasteiger partial charge in [0.2, 0.25) is 0 Å². The van der Waals surface area contributed by atoms with Gasteiger partial charge in [-0.2, -0.15) is 0 Å². The van der Waals surface area contributed by atoms with Crippen molar-refractivity contribution in [3.05, 3.63) is 47.0 Å². The zero-order valence-corrected chi connectivity index (χ0v) is 7.91. The Morgan fingerprint density at radius 2 is 1.92 bits per heavy atom. The molecule has 3 heteroatoms. The van der Waals surface area contributed by atoms with Crippen molar-refractivity contribution in [3.63, 3.8) is 0 Å². The molecule has 0 heterocycles. The third-order valence-electron chi connectivity index (χ3n) is 1.51. The molecule has 0 aromatic heterocycles. The number of rotatable bonds is 2. The van der Waals surface area contributed by atoms with Gasteiger partial charge in [-0.25, -0.2) is 0 Å². The van der Waals surface area contributed by atoms with Gasteiger partial charge in [0, 0.05) is 11.1 Å². The van der Waals surface area contributed by atoms with E-state index in [1.54, 1.807) is 18.2 Å². The van der Waals surface area contributed by atoms with Gasteiger partial charge in [0.25, 0.3) is 0 Å². The van der Waals surface area contributed by atoms with Crippen molar-refractivity contribution >= 4 is 18.7 Å². The van der Waals surface area contributed by atoms with E-state index in [2.05, 4.69) is 12.6 Å². The number of thiol groups is 1. The number of hydrogen-bond acceptors (Lipinski definition) is 3. The highest BCUT2D eigenvalue weighted by Crippen LogP contribution is 2.12. The molecule has 1 aromatic carbocycles. The number of aromatic hydroxyl groups is 1. The first-order valence-electron chi connectivity index (χ1n) is 3.80. The summed E-state index contributed by atoms with van der Waals surface area (Å²) in [6, 6.07) is 6.88. The van der Waals surface area contributed by atoms with Crippen molar-refractivity contribution in [2.24, 2.45) is 5.73 Å². The highest BCUT2D eigenvalue weighted by atomic mass is 32.1. The van der Waals surface area contributed by atoms with E-state index >= 15 is 0 Å². The van der Waals surface area contributed by atoms with Crippen LogP contribution >= 0.6 is 12.6 Å². The normalized spacial score (nSPS) is 12.2. The maximum absolute atomic E-state index is 9.01. The Morgan fingerprint density at radius 1 is 1.31 bits per heavy atom. The highest BCUT2D eigenvalue weighted by molar-refractivity contribution is 7.84. The van der Waals surface area contributed by atoms with Crippen molar-refractivity contribution in [1.82, 2.24) is 0 Å². The van der Waals surface area contributed by atoms with Gasteiger partial charge in [0.05, 0.1) is 0 Å². The quantitative estimate of drug-likeness (QED) is 0.497. The molecule has 0 atom stereocenters. The van der Waals surface area contributed by atoms with Crippen LogP contribution in [0.3, 0.4) is 0 Å². The fraction of sp³-hybridized carbons (Fsp3) is 0. The first kappa shape index (κ1) is 9.74. The van der Waals surface area contributed by atoms with Gasteiger partial charge in [-0.15, -0.1) is 12.6 Å². The summed E-state index contributed by atoms with van der Waals surface area (Å²) in [6.45, 7) is 0. The second kappa shape index (κ2) is 4.62. The Morgan fingerprint density at radius 3 is 2.46 bits per heavy atom. The number of allylic oxidation sites excluding steroid dienone is 1. The van der Waals surface area contributed by atoms with Crippen LogP contribution in [0.5, 0.6) is 5.75 Å². The van der Waals surface area contributed by atoms with Crippen LogP contribution in [0.15, 0.2) is 41.4 Å². The molecular formula is C10H11NOS. The van der Waals surface area contributed by atoms with Crippen LogP contribution in [0.2, 0.25) is 0 Å². The third kappa shape index (κ3) is 3.25. The summed E-state index contributed by atoms with van der Waals surface area (Å²) in [7, 11) is 0. The highest BCUT2D eigenvalue weighted by Gasteiger charge is 1.87. The lowest BCUT2D eigenvalue weighted by Crippen LogP contribution is -1.78. The lowest BCUT2D eigenvalue weighted by Gasteiger charge is -1.93. The summed E-state index contributed by atoms with van der Waals surface area (Å²) >= 11 is 4.08. The molecule has 68 valence electrons. The second-order valence-electron chi connectivity index (χ2n) is 2.52. The Bertz CT molecular complexity index is 327. The Labute approximate surface area is 82.8 Å². The van der Waals surface area contributed by atoms with E-state index in [9.17, 15) is 0 Å². The third-order valence-corrected chi connectivity index (χ3v) is 1.81. The molecule has 0 aliphatic rings. The molecule has 0 aliphatic heterocycles. The molecule has 2 nitrogen and oxygen atoms in total. The number of phenols is 1. The van der Waals surface area contributed by atoms with Crippen LogP contribution in [0.1, 0.15) is 5.56 Å². The lowest BCUT2D eigenvalue weighted by atomic mass is 10.2. The van der Waals surface area contributed by atoms with E-state index in [0.717, 1.165) is 5.56 Å². The van der Waals surface area contributed by atoms with Crippen LogP contribution in [0, 0.1) is 0 Å². The minimum absolute atomic E-state index is 0.262. The van der Waals surface area contributed by atoms with E-state index in [0.29, 0.717) is 4.91 Å². The zero-order chi connectivity index (χ0) is 9.68. The standard InChI is InChI=1S/C10H11NOS/c11-7-10(13)6-3-8-1-4-9(12)5-2-8/h1-7,12-13H,11H2/b6-3+,10-7-. The van der Waals surface area contributed by atoms with Crippen LogP contribution in [0.25, 0.3) is 6.08 Å². The van der Waals surface area contributed by atoms with Gasteiger partial charge < -0.3 is 10.8 Å². The predicted molar refractivity (Wildman–Crippen MR) is 58.4 cm³/mol. The molecule has 0 unspecified atom stereocenters. The summed E-state index contributed by atoms with van der Waals surface area (Å²) in [6.07, 6.45) is 5.07. The summed E-state index contributed by atoms with van der Waals surface area (Å²) in [4.78, 5) is 0.702. The van der Waals surface area contributed by atoms with E-state index < -0.39 is 0 Å². The molecule has 0 spiro atoms. The molecule has 0 fully saturated rings. The van der Waals surface area contributed by atoms with Gasteiger partial charge in [-0.05, 0) is 23.8 Å². The molecular weight excluding hydrogens is 182 g/mol. The van der Waals surface area contributed by atoms with Crippen LogP contribution in [-0.4, -0.2) is 5.11 Å². The van der Waals surface area contributed by atoms with Crippen LogP contribution in [0.4, 0.5) is 0 Å². The number of phenolic OH excluding ortho intramolecular Hbond substituents is 1. The predicted octanol–water partition coefficient (Wildman–Crippen LogP) is 2.14. The summed E-state index contributed by atoms with van der Waals surface area (Å²) < 4.78 is 0. The van der Waals surface area contributed by atoms with Crippen molar-refractivity contribution in [2.75, 3.05) is 0 Å². The van der Waals surface area contributed by atoms with Gasteiger partial charge in [0.15, 0.2) is 0 Å². The smallest absolute Gasteiger partial charge is 0.115 e. The Hall–Kier alpha value is -1.35. The Balaban J connectivity index is 2.75. The van der Waals surface area contributed by atoms with Gasteiger partial charge in [0.1, 0.15) is 5.75 Å². The van der Waals surface area contributed by atoms with Gasteiger partial charge in [-0.3, -0.25) is 0 Å². The molecule has 3 N–H and O–H groups in total. The summed E-state index contributed by atoms with van der Waals surface area (Å²) in [5.74, 6) is 0.262. The second-order valence-corrected chi connectivity index (χ2v) is 3.03. The molecule has 0 aliphatic carbocycles. The average molecular weight is 193 g/mol. The van der Waals surface area contributed by atoms with Crippen molar-refractivity contribution in [1.29, 1.82) is 0 Å². The molecule has 0 saturated carbocycles. The van der Waals surface area contributed by atoms with E-state index in [1.807, 2.05) is 18.2 Å². The first-order chi connectivity index (χ1) is 6.22. The fourth-order valence-electron chi connectivity index (χ4n) is 0.823. The topological polar surface area (TPSA) is 46.2 Å². The average Bonchev–Trinajstić information content (AvgIpc) is 2.16. The SMILES string of the molecule is N/C=C(S)/C=C/c1ccc(O)cc1. The van der Waals surface area contributed by atoms with E-state index in [4.69, 9.17) is 10.8 Å². The van der Waals surface area contributed by atoms with Gasteiger partial charge >= 0.3 is 0 Å². The van der Waals surface area contributed by atoms with Crippen LogP contribution < -0.4 is 5.73 Å². The molecule has 13 heavy (non-hydrogen) atoms. The Kier molecular flexibility index (Phi) is 3.46. The van der Waals surface area contributed by atoms with Crippen molar-refractivity contribution < 1.29 is 5.11 Å². The van der Waals surface area contributed by atoms with Crippen molar-refractivity contribution in [2.45, 2.75) is 0 Å². The van der Waals surface area contributed by atoms with E-state index in [1.165, 1.54) is 6.20 Å². The molecule has 0 radical (unpaired) electrons. The monoisotopic (exact) mass is 193 g/mol. The van der Waals surface area contributed by atoms with E-state index in [-0.39, 0.29) is 5.75 Å². The fourth-order valence-corrected chi connectivity index (χ4v) is 0.897. The molecule has 0 amide bonds. The summed E-state index contributed by atoms with van der Waals surface area (Å²) in [5, 5.41) is 9.01. The zero-order valence-electron chi connectivity index (χ0n) is 7.01. The van der Waals surface area contributed by atoms with Gasteiger partial charge in [-0.1, -0.05) is 18.2 Å². The lowest BCUT2D eigenvalue weighted by molar-refractivity contribution is 0.475. The first-order valence-corrected chi connectivity index (χ1v) is 4.25. The minimum atomic E-state index is 0.262. The molecule has 1 aromatic rings.